The lowest BCUT2D eigenvalue weighted by atomic mass is 10.1. The molecule has 0 amide bonds. The van der Waals surface area contributed by atoms with Crippen molar-refractivity contribution in [3.05, 3.63) is 46.1 Å². The molecule has 0 atom stereocenters. The fraction of sp³-hybridized carbons (Fsp3) is 0. The van der Waals surface area contributed by atoms with Gasteiger partial charge in [-0.2, -0.15) is 0 Å². The Labute approximate surface area is 112 Å². The number of rotatable bonds is 1. The van der Waals surface area contributed by atoms with E-state index in [0.717, 1.165) is 21.3 Å². The van der Waals surface area contributed by atoms with Gasteiger partial charge in [0.1, 0.15) is 4.83 Å². The molecule has 0 saturated carbocycles. The molecular formula is C12H6Cl2N2S. The molecule has 3 aromatic heterocycles. The lowest BCUT2D eigenvalue weighted by Crippen LogP contribution is -1.81. The molecule has 0 aromatic carbocycles. The highest BCUT2D eigenvalue weighted by molar-refractivity contribution is 7.17. The molecular weight excluding hydrogens is 275 g/mol. The van der Waals surface area contributed by atoms with Gasteiger partial charge >= 0.3 is 0 Å². The van der Waals surface area contributed by atoms with Crippen molar-refractivity contribution in [1.82, 2.24) is 9.97 Å². The molecule has 0 saturated heterocycles. The molecule has 0 spiro atoms. The second-order valence-electron chi connectivity index (χ2n) is 3.48. The van der Waals surface area contributed by atoms with E-state index < -0.39 is 0 Å². The largest absolute Gasteiger partial charge is 0.263 e. The van der Waals surface area contributed by atoms with E-state index in [1.54, 1.807) is 36.0 Å². The first kappa shape index (κ1) is 11.0. The molecule has 0 bridgehead atoms. The molecule has 84 valence electrons. The summed E-state index contributed by atoms with van der Waals surface area (Å²) in [6.45, 7) is 0. The van der Waals surface area contributed by atoms with Gasteiger partial charge in [-0.05, 0) is 12.1 Å². The van der Waals surface area contributed by atoms with Crippen molar-refractivity contribution in [3.63, 3.8) is 0 Å². The van der Waals surface area contributed by atoms with E-state index in [0.29, 0.717) is 10.0 Å². The molecule has 2 nitrogen and oxygen atoms in total. The van der Waals surface area contributed by atoms with Crippen LogP contribution in [0.15, 0.2) is 36.1 Å². The van der Waals surface area contributed by atoms with E-state index in [2.05, 4.69) is 9.97 Å². The topological polar surface area (TPSA) is 25.8 Å². The number of thiophene rings is 1. The Morgan fingerprint density at radius 2 is 1.88 bits per heavy atom. The van der Waals surface area contributed by atoms with Crippen molar-refractivity contribution in [3.8, 4) is 11.1 Å². The van der Waals surface area contributed by atoms with Crippen LogP contribution in [0.3, 0.4) is 0 Å². The monoisotopic (exact) mass is 280 g/mol. The first-order valence-corrected chi connectivity index (χ1v) is 6.52. The van der Waals surface area contributed by atoms with Crippen LogP contribution < -0.4 is 0 Å². The maximum absolute atomic E-state index is 6.21. The SMILES string of the molecule is Clc1cnccc1-c1csc2nccc(Cl)c12. The Bertz CT molecular complexity index is 694. The zero-order chi connectivity index (χ0) is 11.8. The fourth-order valence-electron chi connectivity index (χ4n) is 1.72. The van der Waals surface area contributed by atoms with E-state index >= 15 is 0 Å². The number of hydrogen-bond donors (Lipinski definition) is 0. The van der Waals surface area contributed by atoms with Crippen molar-refractivity contribution >= 4 is 44.8 Å². The van der Waals surface area contributed by atoms with E-state index in [1.807, 2.05) is 11.4 Å². The first-order chi connectivity index (χ1) is 8.27. The number of fused-ring (bicyclic) bond motifs is 1. The zero-order valence-corrected chi connectivity index (χ0v) is 10.9. The summed E-state index contributed by atoms with van der Waals surface area (Å²) in [4.78, 5) is 9.19. The molecule has 0 aliphatic heterocycles. The van der Waals surface area contributed by atoms with Crippen LogP contribution in [0.25, 0.3) is 21.3 Å². The number of pyridine rings is 2. The first-order valence-electron chi connectivity index (χ1n) is 4.89. The summed E-state index contributed by atoms with van der Waals surface area (Å²) in [5, 5.41) is 4.28. The van der Waals surface area contributed by atoms with Crippen LogP contribution in [0.2, 0.25) is 10.0 Å². The third-order valence-corrected chi connectivity index (χ3v) is 3.99. The second kappa shape index (κ2) is 4.26. The van der Waals surface area contributed by atoms with Crippen LogP contribution in [0.4, 0.5) is 0 Å². The molecule has 5 heteroatoms. The van der Waals surface area contributed by atoms with Gasteiger partial charge in [-0.25, -0.2) is 4.98 Å². The average Bonchev–Trinajstić information content (AvgIpc) is 2.75. The minimum absolute atomic E-state index is 0.618. The zero-order valence-electron chi connectivity index (χ0n) is 8.52. The summed E-state index contributed by atoms with van der Waals surface area (Å²) in [6, 6.07) is 3.67. The smallest absolute Gasteiger partial charge is 0.125 e. The van der Waals surface area contributed by atoms with Crippen LogP contribution >= 0.6 is 34.5 Å². The predicted octanol–water partition coefficient (Wildman–Crippen LogP) is 4.67. The van der Waals surface area contributed by atoms with Gasteiger partial charge in [0.05, 0.1) is 10.0 Å². The standard InChI is InChI=1S/C12H6Cl2N2S/c13-9-2-4-16-12-11(9)8(6-17-12)7-1-3-15-5-10(7)14/h1-6H. The summed E-state index contributed by atoms with van der Waals surface area (Å²) < 4.78 is 0. The van der Waals surface area contributed by atoms with Gasteiger partial charge in [-0.3, -0.25) is 4.98 Å². The highest BCUT2D eigenvalue weighted by atomic mass is 35.5. The Morgan fingerprint density at radius 1 is 1.00 bits per heavy atom. The van der Waals surface area contributed by atoms with Crippen LogP contribution in [-0.4, -0.2) is 9.97 Å². The highest BCUT2D eigenvalue weighted by Gasteiger charge is 2.12. The van der Waals surface area contributed by atoms with Crippen molar-refractivity contribution in [2.24, 2.45) is 0 Å². The summed E-state index contributed by atoms with van der Waals surface area (Å²) in [5.74, 6) is 0. The number of aromatic nitrogens is 2. The molecule has 17 heavy (non-hydrogen) atoms. The molecule has 0 N–H and O–H groups in total. The van der Waals surface area contributed by atoms with E-state index in [-0.39, 0.29) is 0 Å². The summed E-state index contributed by atoms with van der Waals surface area (Å²) >= 11 is 13.9. The lowest BCUT2D eigenvalue weighted by molar-refractivity contribution is 1.33. The Morgan fingerprint density at radius 3 is 2.71 bits per heavy atom. The molecule has 0 unspecified atom stereocenters. The van der Waals surface area contributed by atoms with E-state index in [4.69, 9.17) is 23.2 Å². The van der Waals surface area contributed by atoms with Crippen molar-refractivity contribution in [2.45, 2.75) is 0 Å². The molecule has 3 aromatic rings. The minimum atomic E-state index is 0.618. The van der Waals surface area contributed by atoms with E-state index in [1.165, 1.54) is 0 Å². The molecule has 0 fully saturated rings. The minimum Gasteiger partial charge on any atom is -0.263 e. The summed E-state index contributed by atoms with van der Waals surface area (Å²) in [5.41, 5.74) is 1.94. The number of halogens is 2. The molecule has 0 aliphatic rings. The van der Waals surface area contributed by atoms with Crippen molar-refractivity contribution in [1.29, 1.82) is 0 Å². The normalized spacial score (nSPS) is 10.9. The molecule has 0 radical (unpaired) electrons. The van der Waals surface area contributed by atoms with Gasteiger partial charge in [-0.15, -0.1) is 11.3 Å². The summed E-state index contributed by atoms with van der Waals surface area (Å²) in [7, 11) is 0. The fourth-order valence-corrected chi connectivity index (χ4v) is 3.18. The van der Waals surface area contributed by atoms with Gasteiger partial charge in [0.25, 0.3) is 0 Å². The van der Waals surface area contributed by atoms with Gasteiger partial charge < -0.3 is 0 Å². The highest BCUT2D eigenvalue weighted by Crippen LogP contribution is 2.39. The van der Waals surface area contributed by atoms with E-state index in [9.17, 15) is 0 Å². The molecule has 3 rings (SSSR count). The third-order valence-electron chi connectivity index (χ3n) is 2.49. The molecule has 0 aliphatic carbocycles. The van der Waals surface area contributed by atoms with Gasteiger partial charge in [0.2, 0.25) is 0 Å². The second-order valence-corrected chi connectivity index (χ2v) is 5.15. The average molecular weight is 281 g/mol. The quantitative estimate of drug-likeness (QED) is 0.648. The Kier molecular flexibility index (Phi) is 2.74. The van der Waals surface area contributed by atoms with Gasteiger partial charge in [0.15, 0.2) is 0 Å². The van der Waals surface area contributed by atoms with Crippen LogP contribution in [0, 0.1) is 0 Å². The molecule has 3 heterocycles. The number of nitrogens with zero attached hydrogens (tertiary/aromatic N) is 2. The van der Waals surface area contributed by atoms with Gasteiger partial charge in [-0.1, -0.05) is 23.2 Å². The van der Waals surface area contributed by atoms with Crippen LogP contribution in [0.5, 0.6) is 0 Å². The van der Waals surface area contributed by atoms with Gasteiger partial charge in [0, 0.05) is 40.5 Å². The third kappa shape index (κ3) is 1.80. The lowest BCUT2D eigenvalue weighted by Gasteiger charge is -2.02. The number of hydrogen-bond acceptors (Lipinski definition) is 3. The maximum atomic E-state index is 6.21. The maximum Gasteiger partial charge on any atom is 0.125 e. The van der Waals surface area contributed by atoms with Crippen LogP contribution in [-0.2, 0) is 0 Å². The Balaban J connectivity index is 2.36. The van der Waals surface area contributed by atoms with Crippen LogP contribution in [0.1, 0.15) is 0 Å². The van der Waals surface area contributed by atoms with Crippen molar-refractivity contribution < 1.29 is 0 Å². The Hall–Kier alpha value is -1.16. The van der Waals surface area contributed by atoms with Crippen molar-refractivity contribution in [2.75, 3.05) is 0 Å². The predicted molar refractivity (Wildman–Crippen MR) is 72.9 cm³/mol. The summed E-state index contributed by atoms with van der Waals surface area (Å²) in [6.07, 6.45) is 5.05.